The smallest absolute Gasteiger partial charge is 0.332 e. The van der Waals surface area contributed by atoms with Crippen molar-refractivity contribution in [1.82, 2.24) is 15.1 Å². The second kappa shape index (κ2) is 7.45. The van der Waals surface area contributed by atoms with Gasteiger partial charge in [-0.3, -0.25) is 9.69 Å². The molecule has 1 aliphatic rings. The molecule has 0 aromatic heterocycles. The lowest BCUT2D eigenvalue weighted by molar-refractivity contribution is -0.168. The topological polar surface area (TPSA) is 35.6 Å². The molecule has 0 radical (unpaired) electrons. The fourth-order valence-electron chi connectivity index (χ4n) is 2.56. The highest BCUT2D eigenvalue weighted by molar-refractivity contribution is 5.85. The molecule has 0 spiro atoms. The third kappa shape index (κ3) is 5.47. The molecule has 21 heavy (non-hydrogen) atoms. The molecular weight excluding hydrogens is 283 g/mol. The van der Waals surface area contributed by atoms with Crippen molar-refractivity contribution in [3.8, 4) is 0 Å². The number of piperazine rings is 1. The average molecular weight is 309 g/mol. The molecule has 1 heterocycles. The molecule has 4 nitrogen and oxygen atoms in total. The third-order valence-electron chi connectivity index (χ3n) is 3.87. The Bertz CT molecular complexity index is 339. The highest BCUT2D eigenvalue weighted by atomic mass is 19.4. The van der Waals surface area contributed by atoms with Crippen LogP contribution in [0.3, 0.4) is 0 Å². The van der Waals surface area contributed by atoms with Crippen LogP contribution in [0.5, 0.6) is 0 Å². The maximum Gasteiger partial charge on any atom is 0.406 e. The SMILES string of the molecule is CCCCN(CC(F)(F)F)C(=O)C(C)(C)N1CCNCC1. The quantitative estimate of drug-likeness (QED) is 0.813. The number of alkyl halides is 3. The zero-order chi connectivity index (χ0) is 16.1. The van der Waals surface area contributed by atoms with E-state index in [2.05, 4.69) is 5.32 Å². The van der Waals surface area contributed by atoms with Crippen molar-refractivity contribution in [3.63, 3.8) is 0 Å². The molecule has 1 aliphatic heterocycles. The zero-order valence-corrected chi connectivity index (χ0v) is 13.1. The summed E-state index contributed by atoms with van der Waals surface area (Å²) in [4.78, 5) is 15.5. The minimum absolute atomic E-state index is 0.157. The molecule has 7 heteroatoms. The van der Waals surface area contributed by atoms with Crippen molar-refractivity contribution in [2.24, 2.45) is 0 Å². The molecule has 124 valence electrons. The van der Waals surface area contributed by atoms with Gasteiger partial charge in [-0.2, -0.15) is 13.2 Å². The number of amides is 1. The Labute approximate surface area is 124 Å². The molecule has 0 aromatic rings. The number of nitrogens with one attached hydrogen (secondary N) is 1. The molecular formula is C14H26F3N3O. The first-order valence-electron chi connectivity index (χ1n) is 7.50. The first kappa shape index (κ1) is 18.2. The molecule has 1 N–H and O–H groups in total. The lowest BCUT2D eigenvalue weighted by atomic mass is 9.99. The second-order valence-corrected chi connectivity index (χ2v) is 5.99. The van der Waals surface area contributed by atoms with Gasteiger partial charge < -0.3 is 10.2 Å². The molecule has 0 aliphatic carbocycles. The Kier molecular flexibility index (Phi) is 6.46. The minimum Gasteiger partial charge on any atom is -0.332 e. The predicted octanol–water partition coefficient (Wildman–Crippen LogP) is 1.86. The summed E-state index contributed by atoms with van der Waals surface area (Å²) in [6, 6.07) is 0. The fraction of sp³-hybridized carbons (Fsp3) is 0.929. The van der Waals surface area contributed by atoms with Crippen LogP contribution in [0, 0.1) is 0 Å². The summed E-state index contributed by atoms with van der Waals surface area (Å²) in [7, 11) is 0. The van der Waals surface area contributed by atoms with Crippen LogP contribution in [-0.2, 0) is 4.79 Å². The Morgan fingerprint density at radius 1 is 1.24 bits per heavy atom. The van der Waals surface area contributed by atoms with Crippen molar-refractivity contribution in [2.45, 2.75) is 45.3 Å². The van der Waals surface area contributed by atoms with E-state index in [9.17, 15) is 18.0 Å². The van der Waals surface area contributed by atoms with Gasteiger partial charge >= 0.3 is 6.18 Å². The second-order valence-electron chi connectivity index (χ2n) is 5.99. The predicted molar refractivity (Wildman–Crippen MR) is 76.1 cm³/mol. The van der Waals surface area contributed by atoms with Gasteiger partial charge in [-0.05, 0) is 20.3 Å². The number of hydrogen-bond acceptors (Lipinski definition) is 3. The van der Waals surface area contributed by atoms with E-state index in [1.165, 1.54) is 0 Å². The van der Waals surface area contributed by atoms with Crippen molar-refractivity contribution in [1.29, 1.82) is 0 Å². The summed E-state index contributed by atoms with van der Waals surface area (Å²) in [5.41, 5.74) is -0.902. The number of rotatable bonds is 6. The van der Waals surface area contributed by atoms with Gasteiger partial charge in [-0.1, -0.05) is 13.3 Å². The molecule has 1 saturated heterocycles. The number of carbonyl (C=O) groups excluding carboxylic acids is 1. The van der Waals surface area contributed by atoms with Gasteiger partial charge in [-0.15, -0.1) is 0 Å². The summed E-state index contributed by atoms with van der Waals surface area (Å²) >= 11 is 0. The van der Waals surface area contributed by atoms with E-state index in [-0.39, 0.29) is 6.54 Å². The highest BCUT2D eigenvalue weighted by Gasteiger charge is 2.41. The van der Waals surface area contributed by atoms with E-state index >= 15 is 0 Å². The summed E-state index contributed by atoms with van der Waals surface area (Å²) < 4.78 is 38.1. The van der Waals surface area contributed by atoms with Gasteiger partial charge in [0.1, 0.15) is 6.54 Å². The maximum absolute atomic E-state index is 12.7. The summed E-state index contributed by atoms with van der Waals surface area (Å²) in [6.07, 6.45) is -3.02. The Morgan fingerprint density at radius 3 is 2.29 bits per heavy atom. The Morgan fingerprint density at radius 2 is 1.81 bits per heavy atom. The van der Waals surface area contributed by atoms with Crippen LogP contribution in [0.4, 0.5) is 13.2 Å². The van der Waals surface area contributed by atoms with Gasteiger partial charge in [-0.25, -0.2) is 0 Å². The van der Waals surface area contributed by atoms with Gasteiger partial charge in [0.15, 0.2) is 0 Å². The molecule has 0 unspecified atom stereocenters. The lowest BCUT2D eigenvalue weighted by Gasteiger charge is -2.42. The van der Waals surface area contributed by atoms with E-state index in [1.54, 1.807) is 13.8 Å². The number of carbonyl (C=O) groups is 1. The molecule has 1 rings (SSSR count). The van der Waals surface area contributed by atoms with Crippen molar-refractivity contribution in [3.05, 3.63) is 0 Å². The fourth-order valence-corrected chi connectivity index (χ4v) is 2.56. The summed E-state index contributed by atoms with van der Waals surface area (Å²) in [5, 5.41) is 3.18. The Hall–Kier alpha value is -0.820. The van der Waals surface area contributed by atoms with Crippen LogP contribution in [0.15, 0.2) is 0 Å². The van der Waals surface area contributed by atoms with Crippen LogP contribution in [-0.4, -0.2) is 66.7 Å². The molecule has 0 aromatic carbocycles. The number of halogens is 3. The average Bonchev–Trinajstić information content (AvgIpc) is 2.42. The van der Waals surface area contributed by atoms with E-state index in [1.807, 2.05) is 11.8 Å². The molecule has 0 atom stereocenters. The molecule has 1 fully saturated rings. The van der Waals surface area contributed by atoms with Crippen LogP contribution in [0.1, 0.15) is 33.6 Å². The molecule has 1 amide bonds. The summed E-state index contributed by atoms with van der Waals surface area (Å²) in [6.45, 7) is 7.18. The van der Waals surface area contributed by atoms with E-state index in [0.717, 1.165) is 24.4 Å². The van der Waals surface area contributed by atoms with Crippen LogP contribution < -0.4 is 5.32 Å². The van der Waals surface area contributed by atoms with Gasteiger partial charge in [0, 0.05) is 32.7 Å². The summed E-state index contributed by atoms with van der Waals surface area (Å²) in [5.74, 6) is -0.435. The van der Waals surface area contributed by atoms with Crippen molar-refractivity contribution >= 4 is 5.91 Å². The normalized spacial score (nSPS) is 17.8. The van der Waals surface area contributed by atoms with E-state index in [4.69, 9.17) is 0 Å². The van der Waals surface area contributed by atoms with Crippen molar-refractivity contribution in [2.75, 3.05) is 39.3 Å². The molecule has 0 bridgehead atoms. The standard InChI is InChI=1S/C14H26F3N3O/c1-4-5-8-19(11-14(15,16)17)12(21)13(2,3)20-9-6-18-7-10-20/h18H,4-11H2,1-3H3. The number of hydrogen-bond donors (Lipinski definition) is 1. The van der Waals surface area contributed by atoms with Crippen molar-refractivity contribution < 1.29 is 18.0 Å². The van der Waals surface area contributed by atoms with Crippen LogP contribution >= 0.6 is 0 Å². The van der Waals surface area contributed by atoms with Gasteiger partial charge in [0.05, 0.1) is 5.54 Å². The van der Waals surface area contributed by atoms with E-state index in [0.29, 0.717) is 19.5 Å². The minimum atomic E-state index is -4.36. The largest absolute Gasteiger partial charge is 0.406 e. The number of nitrogens with zero attached hydrogens (tertiary/aromatic N) is 2. The van der Waals surface area contributed by atoms with Crippen LogP contribution in [0.2, 0.25) is 0 Å². The monoisotopic (exact) mass is 309 g/mol. The van der Waals surface area contributed by atoms with E-state index < -0.39 is 24.2 Å². The lowest BCUT2D eigenvalue weighted by Crippen LogP contribution is -2.61. The van der Waals surface area contributed by atoms with Gasteiger partial charge in [0.25, 0.3) is 0 Å². The zero-order valence-electron chi connectivity index (χ0n) is 13.1. The first-order valence-corrected chi connectivity index (χ1v) is 7.50. The number of unbranched alkanes of at least 4 members (excludes halogenated alkanes) is 1. The first-order chi connectivity index (χ1) is 9.68. The van der Waals surface area contributed by atoms with Gasteiger partial charge in [0.2, 0.25) is 5.91 Å². The molecule has 0 saturated carbocycles. The van der Waals surface area contributed by atoms with Crippen LogP contribution in [0.25, 0.3) is 0 Å². The Balaban J connectivity index is 2.80. The highest BCUT2D eigenvalue weighted by Crippen LogP contribution is 2.23. The maximum atomic E-state index is 12.7. The third-order valence-corrected chi connectivity index (χ3v) is 3.87.